The molecule has 22 heavy (non-hydrogen) atoms. The number of para-hydroxylation sites is 1. The van der Waals surface area contributed by atoms with Crippen LogP contribution in [0.4, 0.5) is 5.69 Å². The lowest BCUT2D eigenvalue weighted by Crippen LogP contribution is -2.51. The second kappa shape index (κ2) is 4.71. The molecular weight excluding hydrogens is 300 g/mol. The zero-order valence-electron chi connectivity index (χ0n) is 12.6. The van der Waals surface area contributed by atoms with Gasteiger partial charge in [-0.05, 0) is 26.0 Å². The van der Waals surface area contributed by atoms with Gasteiger partial charge >= 0.3 is 0 Å². The molecule has 1 spiro atoms. The molecule has 1 amide bonds. The maximum Gasteiger partial charge on any atom is 0.273 e. The summed E-state index contributed by atoms with van der Waals surface area (Å²) in [6, 6.07) is 8.93. The molecule has 0 radical (unpaired) electrons. The Kier molecular flexibility index (Phi) is 3.18. The molecule has 1 fully saturated rings. The molecule has 1 saturated heterocycles. The van der Waals surface area contributed by atoms with Crippen LogP contribution in [-0.2, 0) is 14.6 Å². The molecule has 1 aromatic rings. The van der Waals surface area contributed by atoms with Gasteiger partial charge in [-0.1, -0.05) is 35.9 Å². The highest BCUT2D eigenvalue weighted by atomic mass is 32.2. The zero-order chi connectivity index (χ0) is 16.1. The maximum absolute atomic E-state index is 13.0. The Balaban J connectivity index is 2.13. The Morgan fingerprint density at radius 2 is 1.82 bits per heavy atom. The summed E-state index contributed by atoms with van der Waals surface area (Å²) in [5.41, 5.74) is 5.43. The van der Waals surface area contributed by atoms with Gasteiger partial charge in [0.2, 0.25) is 0 Å². The van der Waals surface area contributed by atoms with E-state index >= 15 is 0 Å². The largest absolute Gasteiger partial charge is 0.294 e. The van der Waals surface area contributed by atoms with Crippen LogP contribution in [0, 0.1) is 0 Å². The van der Waals surface area contributed by atoms with Gasteiger partial charge in [-0.3, -0.25) is 10.2 Å². The Morgan fingerprint density at radius 1 is 1.18 bits per heavy atom. The molecule has 0 saturated carbocycles. The fourth-order valence-corrected chi connectivity index (χ4v) is 5.29. The summed E-state index contributed by atoms with van der Waals surface area (Å²) in [7, 11) is -3.66. The van der Waals surface area contributed by atoms with Crippen LogP contribution in [0.25, 0.3) is 0 Å². The predicted molar refractivity (Wildman–Crippen MR) is 85.7 cm³/mol. The minimum absolute atomic E-state index is 0.103. The van der Waals surface area contributed by atoms with Crippen molar-refractivity contribution in [2.45, 2.75) is 25.0 Å². The van der Waals surface area contributed by atoms with Gasteiger partial charge in [0, 0.05) is 6.42 Å². The Bertz CT molecular complexity index is 796. The quantitative estimate of drug-likeness (QED) is 0.804. The van der Waals surface area contributed by atoms with E-state index in [2.05, 4.69) is 12.0 Å². The first-order valence-corrected chi connectivity index (χ1v) is 8.68. The Hall–Kier alpha value is -2.08. The molecular formula is C16H18N2O3S. The molecule has 2 aliphatic heterocycles. The van der Waals surface area contributed by atoms with E-state index in [0.29, 0.717) is 5.69 Å². The van der Waals surface area contributed by atoms with Crippen LogP contribution in [0.2, 0.25) is 0 Å². The monoisotopic (exact) mass is 318 g/mol. The summed E-state index contributed by atoms with van der Waals surface area (Å²) >= 11 is 0. The summed E-state index contributed by atoms with van der Waals surface area (Å²) in [5, 5.41) is 1.29. The first kappa shape index (κ1) is 14.8. The van der Waals surface area contributed by atoms with Crippen molar-refractivity contribution in [1.82, 2.24) is 5.43 Å². The number of anilines is 1. The second-order valence-electron chi connectivity index (χ2n) is 5.89. The minimum atomic E-state index is -3.66. The number of sulfone groups is 1. The lowest BCUT2D eigenvalue weighted by molar-refractivity contribution is -0.119. The van der Waals surface area contributed by atoms with Gasteiger partial charge in [0.25, 0.3) is 5.91 Å². The molecule has 116 valence electrons. The Labute approximate surface area is 130 Å². The molecule has 0 unspecified atom stereocenters. The molecule has 2 aliphatic rings. The van der Waals surface area contributed by atoms with Gasteiger partial charge in [-0.25, -0.2) is 13.4 Å². The fourth-order valence-electron chi connectivity index (χ4n) is 3.01. The number of benzene rings is 1. The number of amides is 1. The zero-order valence-corrected chi connectivity index (χ0v) is 13.4. The lowest BCUT2D eigenvalue weighted by Gasteiger charge is -2.32. The third-order valence-corrected chi connectivity index (χ3v) is 6.92. The van der Waals surface area contributed by atoms with E-state index < -0.39 is 20.5 Å². The first-order chi connectivity index (χ1) is 10.3. The average Bonchev–Trinajstić information content (AvgIpc) is 2.72. The van der Waals surface area contributed by atoms with Crippen molar-refractivity contribution in [2.75, 3.05) is 10.8 Å². The van der Waals surface area contributed by atoms with Crippen LogP contribution >= 0.6 is 0 Å². The van der Waals surface area contributed by atoms with E-state index in [9.17, 15) is 13.2 Å². The number of hydrogen-bond acceptors (Lipinski definition) is 4. The minimum Gasteiger partial charge on any atom is -0.294 e. The average molecular weight is 318 g/mol. The molecule has 0 bridgehead atoms. The standard InChI is InChI=1S/C16H18N2O3S/c1-11-9-16(22(20,21)10-12(11)2)13(3)17-18(15(16)19)14-7-5-4-6-8-14/h4-8,17H,3,9-10H2,1-2H3/t16-/m1/s1. The summed E-state index contributed by atoms with van der Waals surface area (Å²) < 4.78 is 24.0. The molecule has 1 N–H and O–H groups in total. The van der Waals surface area contributed by atoms with Gasteiger partial charge in [-0.2, -0.15) is 0 Å². The molecule has 1 aromatic carbocycles. The van der Waals surface area contributed by atoms with Crippen LogP contribution in [0.5, 0.6) is 0 Å². The molecule has 1 atom stereocenters. The molecule has 6 heteroatoms. The van der Waals surface area contributed by atoms with E-state index in [1.165, 1.54) is 5.01 Å². The van der Waals surface area contributed by atoms with Crippen molar-refractivity contribution < 1.29 is 13.2 Å². The number of carbonyl (C=O) groups excluding carboxylic acids is 1. The molecule has 2 heterocycles. The normalized spacial score (nSPS) is 27.5. The van der Waals surface area contributed by atoms with Gasteiger partial charge in [0.1, 0.15) is 0 Å². The third kappa shape index (κ3) is 1.83. The van der Waals surface area contributed by atoms with Gasteiger partial charge in [0.05, 0.1) is 17.1 Å². The van der Waals surface area contributed by atoms with Crippen molar-refractivity contribution in [3.63, 3.8) is 0 Å². The van der Waals surface area contributed by atoms with E-state index in [-0.39, 0.29) is 17.9 Å². The number of allylic oxidation sites excluding steroid dienone is 1. The van der Waals surface area contributed by atoms with Crippen LogP contribution in [0.15, 0.2) is 53.8 Å². The third-order valence-electron chi connectivity index (χ3n) is 4.48. The summed E-state index contributed by atoms with van der Waals surface area (Å²) in [6.07, 6.45) is 0.162. The van der Waals surface area contributed by atoms with Gasteiger partial charge in [-0.15, -0.1) is 0 Å². The van der Waals surface area contributed by atoms with E-state index in [1.54, 1.807) is 31.2 Å². The number of nitrogens with one attached hydrogen (secondary N) is 1. The van der Waals surface area contributed by atoms with Crippen LogP contribution in [0.1, 0.15) is 20.3 Å². The number of carbonyl (C=O) groups is 1. The van der Waals surface area contributed by atoms with Crippen molar-refractivity contribution >= 4 is 21.4 Å². The van der Waals surface area contributed by atoms with Crippen molar-refractivity contribution in [2.24, 2.45) is 0 Å². The highest BCUT2D eigenvalue weighted by molar-refractivity contribution is 7.94. The predicted octanol–water partition coefficient (Wildman–Crippen LogP) is 1.95. The summed E-state index contributed by atoms with van der Waals surface area (Å²) in [6.45, 7) is 7.51. The highest BCUT2D eigenvalue weighted by Gasteiger charge is 2.61. The number of nitrogens with zero attached hydrogens (tertiary/aromatic N) is 1. The second-order valence-corrected chi connectivity index (χ2v) is 8.11. The van der Waals surface area contributed by atoms with Crippen LogP contribution in [0.3, 0.4) is 0 Å². The first-order valence-electron chi connectivity index (χ1n) is 7.03. The molecule has 0 aliphatic carbocycles. The van der Waals surface area contributed by atoms with Gasteiger partial charge in [0.15, 0.2) is 14.6 Å². The molecule has 3 rings (SSSR count). The molecule has 5 nitrogen and oxygen atoms in total. The molecule has 0 aromatic heterocycles. The van der Waals surface area contributed by atoms with E-state index in [1.807, 2.05) is 13.0 Å². The van der Waals surface area contributed by atoms with Crippen molar-refractivity contribution in [3.05, 3.63) is 53.8 Å². The summed E-state index contributed by atoms with van der Waals surface area (Å²) in [5.74, 6) is -0.580. The van der Waals surface area contributed by atoms with Crippen molar-refractivity contribution in [1.29, 1.82) is 0 Å². The highest BCUT2D eigenvalue weighted by Crippen LogP contribution is 2.43. The van der Waals surface area contributed by atoms with Crippen LogP contribution < -0.4 is 10.4 Å². The van der Waals surface area contributed by atoms with Crippen molar-refractivity contribution in [3.8, 4) is 0 Å². The summed E-state index contributed by atoms with van der Waals surface area (Å²) in [4.78, 5) is 13.0. The number of rotatable bonds is 1. The van der Waals surface area contributed by atoms with Crippen LogP contribution in [-0.4, -0.2) is 24.8 Å². The number of hydrazine groups is 1. The number of hydrogen-bond donors (Lipinski definition) is 1. The van der Waals surface area contributed by atoms with E-state index in [4.69, 9.17) is 0 Å². The lowest BCUT2D eigenvalue weighted by atomic mass is 9.93. The van der Waals surface area contributed by atoms with E-state index in [0.717, 1.165) is 11.1 Å². The SMILES string of the molecule is C=C1NN(c2ccccc2)C(=O)[C@@]12CC(C)=C(C)CS2(=O)=O. The Morgan fingerprint density at radius 3 is 2.45 bits per heavy atom. The fraction of sp³-hybridized carbons (Fsp3) is 0.312. The smallest absolute Gasteiger partial charge is 0.273 e. The topological polar surface area (TPSA) is 66.5 Å². The van der Waals surface area contributed by atoms with Gasteiger partial charge < -0.3 is 0 Å². The maximum atomic E-state index is 13.0.